The monoisotopic (exact) mass is 199 g/mol. The van der Waals surface area contributed by atoms with Gasteiger partial charge in [-0.2, -0.15) is 0 Å². The highest BCUT2D eigenvalue weighted by molar-refractivity contribution is 6.14. The average molecular weight is 199 g/mol. The van der Waals surface area contributed by atoms with Gasteiger partial charge in [-0.15, -0.1) is 0 Å². The smallest absolute Gasteiger partial charge is 0.0702 e. The van der Waals surface area contributed by atoms with Crippen molar-refractivity contribution in [2.45, 2.75) is 39.5 Å². The first kappa shape index (κ1) is 9.14. The van der Waals surface area contributed by atoms with E-state index in [1.807, 2.05) is 0 Å². The van der Waals surface area contributed by atoms with Gasteiger partial charge >= 0.3 is 0 Å². The van der Waals surface area contributed by atoms with Gasteiger partial charge < -0.3 is 0 Å². The van der Waals surface area contributed by atoms with E-state index < -0.39 is 0 Å². The third-order valence-corrected chi connectivity index (χ3v) is 3.72. The van der Waals surface area contributed by atoms with Crippen molar-refractivity contribution in [1.29, 1.82) is 0 Å². The fourth-order valence-electron chi connectivity index (χ4n) is 2.89. The molecule has 1 aliphatic heterocycles. The van der Waals surface area contributed by atoms with Gasteiger partial charge in [0, 0.05) is 11.0 Å². The van der Waals surface area contributed by atoms with Crippen LogP contribution in [0.2, 0.25) is 0 Å². The van der Waals surface area contributed by atoms with Gasteiger partial charge in [0.2, 0.25) is 0 Å². The van der Waals surface area contributed by atoms with Crippen LogP contribution in [-0.2, 0) is 0 Å². The van der Waals surface area contributed by atoms with Gasteiger partial charge in [0.1, 0.15) is 0 Å². The number of hydrogen-bond acceptors (Lipinski definition) is 1. The Hall–Kier alpha value is -1.11. The Labute approximate surface area is 91.3 Å². The molecule has 78 valence electrons. The molecule has 0 unspecified atom stereocenters. The number of allylic oxidation sites excluding steroid dienone is 6. The van der Waals surface area contributed by atoms with Crippen LogP contribution in [0.4, 0.5) is 0 Å². The van der Waals surface area contributed by atoms with Crippen molar-refractivity contribution in [2.75, 3.05) is 0 Å². The van der Waals surface area contributed by atoms with Crippen molar-refractivity contribution in [2.24, 2.45) is 10.4 Å². The maximum Gasteiger partial charge on any atom is 0.0702 e. The summed E-state index contributed by atoms with van der Waals surface area (Å²) in [4.78, 5) is 4.83. The van der Waals surface area contributed by atoms with E-state index in [-0.39, 0.29) is 5.41 Å². The Morgan fingerprint density at radius 1 is 1.33 bits per heavy atom. The fraction of sp³-hybridized carbons (Fsp3) is 0.500. The second kappa shape index (κ2) is 2.94. The zero-order chi connectivity index (χ0) is 10.5. The molecule has 0 atom stereocenters. The lowest BCUT2D eigenvalue weighted by molar-refractivity contribution is 0.368. The Balaban J connectivity index is 2.13. The lowest BCUT2D eigenvalue weighted by atomic mass is 9.75. The van der Waals surface area contributed by atoms with Gasteiger partial charge in [0.25, 0.3) is 0 Å². The Kier molecular flexibility index (Phi) is 1.79. The molecule has 0 bridgehead atoms. The van der Waals surface area contributed by atoms with Crippen molar-refractivity contribution in [3.63, 3.8) is 0 Å². The summed E-state index contributed by atoms with van der Waals surface area (Å²) in [5.74, 6) is 0. The number of fused-ring (bicyclic) bond motifs is 2. The molecular formula is C14H17N. The SMILES string of the molecule is CC1(C)CCCC2=C1N=C1C=CCC=C12. The molecule has 15 heavy (non-hydrogen) atoms. The minimum atomic E-state index is 0.284. The minimum absolute atomic E-state index is 0.284. The van der Waals surface area contributed by atoms with E-state index in [0.29, 0.717) is 0 Å². The second-order valence-electron chi connectivity index (χ2n) is 5.32. The molecule has 1 heterocycles. The van der Waals surface area contributed by atoms with Crippen molar-refractivity contribution in [3.8, 4) is 0 Å². The van der Waals surface area contributed by atoms with Crippen LogP contribution < -0.4 is 0 Å². The van der Waals surface area contributed by atoms with Crippen molar-refractivity contribution < 1.29 is 0 Å². The molecule has 0 amide bonds. The van der Waals surface area contributed by atoms with Crippen LogP contribution >= 0.6 is 0 Å². The van der Waals surface area contributed by atoms with Gasteiger partial charge in [0.15, 0.2) is 0 Å². The lowest BCUT2D eigenvalue weighted by Gasteiger charge is -2.30. The number of nitrogens with zero attached hydrogens (tertiary/aromatic N) is 1. The van der Waals surface area contributed by atoms with Crippen molar-refractivity contribution in [1.82, 2.24) is 0 Å². The molecule has 1 heteroatoms. The normalized spacial score (nSPS) is 27.1. The van der Waals surface area contributed by atoms with Gasteiger partial charge in [-0.05, 0) is 37.3 Å². The molecular weight excluding hydrogens is 182 g/mol. The first-order chi connectivity index (χ1) is 7.18. The average Bonchev–Trinajstić information content (AvgIpc) is 2.58. The molecule has 0 saturated heterocycles. The van der Waals surface area contributed by atoms with Gasteiger partial charge in [0.05, 0.1) is 11.4 Å². The van der Waals surface area contributed by atoms with E-state index in [2.05, 4.69) is 32.1 Å². The van der Waals surface area contributed by atoms with Crippen LogP contribution in [0.1, 0.15) is 39.5 Å². The zero-order valence-electron chi connectivity index (χ0n) is 9.51. The summed E-state index contributed by atoms with van der Waals surface area (Å²) in [5.41, 5.74) is 5.82. The molecule has 0 radical (unpaired) electrons. The Morgan fingerprint density at radius 2 is 2.20 bits per heavy atom. The Morgan fingerprint density at radius 3 is 3.07 bits per heavy atom. The summed E-state index contributed by atoms with van der Waals surface area (Å²) in [6.07, 6.45) is 11.6. The van der Waals surface area contributed by atoms with Crippen LogP contribution in [0.25, 0.3) is 0 Å². The van der Waals surface area contributed by atoms with Crippen LogP contribution in [0.3, 0.4) is 0 Å². The molecule has 0 spiro atoms. The predicted octanol–water partition coefficient (Wildman–Crippen LogP) is 3.79. The first-order valence-corrected chi connectivity index (χ1v) is 5.88. The summed E-state index contributed by atoms with van der Waals surface area (Å²) in [6.45, 7) is 4.65. The highest BCUT2D eigenvalue weighted by Gasteiger charge is 2.35. The predicted molar refractivity (Wildman–Crippen MR) is 63.9 cm³/mol. The summed E-state index contributed by atoms with van der Waals surface area (Å²) in [5, 5.41) is 0. The highest BCUT2D eigenvalue weighted by Crippen LogP contribution is 2.47. The topological polar surface area (TPSA) is 12.4 Å². The highest BCUT2D eigenvalue weighted by atomic mass is 14.8. The van der Waals surface area contributed by atoms with Crippen molar-refractivity contribution in [3.05, 3.63) is 35.1 Å². The van der Waals surface area contributed by atoms with Gasteiger partial charge in [-0.1, -0.05) is 26.0 Å². The first-order valence-electron chi connectivity index (χ1n) is 5.88. The molecule has 2 aliphatic carbocycles. The van der Waals surface area contributed by atoms with E-state index >= 15 is 0 Å². The fourth-order valence-corrected chi connectivity index (χ4v) is 2.89. The van der Waals surface area contributed by atoms with E-state index in [0.717, 1.165) is 6.42 Å². The molecule has 3 aliphatic rings. The van der Waals surface area contributed by atoms with E-state index in [4.69, 9.17) is 4.99 Å². The van der Waals surface area contributed by atoms with Crippen molar-refractivity contribution >= 4 is 5.71 Å². The van der Waals surface area contributed by atoms with Gasteiger partial charge in [-0.25, -0.2) is 0 Å². The lowest BCUT2D eigenvalue weighted by Crippen LogP contribution is -2.18. The Bertz CT molecular complexity index is 430. The molecule has 3 rings (SSSR count). The maximum absolute atomic E-state index is 4.83. The molecule has 0 aromatic rings. The number of hydrogen-bond donors (Lipinski definition) is 0. The minimum Gasteiger partial charge on any atom is -0.252 e. The maximum atomic E-state index is 4.83. The van der Waals surface area contributed by atoms with Gasteiger partial charge in [-0.3, -0.25) is 4.99 Å². The quantitative estimate of drug-likeness (QED) is 0.563. The summed E-state index contributed by atoms with van der Waals surface area (Å²) >= 11 is 0. The standard InChI is InChI=1S/C14H17N/c1-14(2)9-5-7-11-10-6-3-4-8-12(10)15-13(11)14/h4,6,8H,3,5,7,9H2,1-2H3. The zero-order valence-corrected chi connectivity index (χ0v) is 9.51. The molecule has 0 saturated carbocycles. The summed E-state index contributed by atoms with van der Waals surface area (Å²) in [7, 11) is 0. The van der Waals surface area contributed by atoms with Crippen LogP contribution in [0.15, 0.2) is 40.1 Å². The van der Waals surface area contributed by atoms with E-state index in [9.17, 15) is 0 Å². The third kappa shape index (κ3) is 1.26. The van der Waals surface area contributed by atoms with Crippen LogP contribution in [-0.4, -0.2) is 5.71 Å². The summed E-state index contributed by atoms with van der Waals surface area (Å²) < 4.78 is 0. The van der Waals surface area contributed by atoms with E-state index in [1.54, 1.807) is 0 Å². The molecule has 0 aromatic heterocycles. The van der Waals surface area contributed by atoms with E-state index in [1.165, 1.54) is 41.8 Å². The largest absolute Gasteiger partial charge is 0.252 e. The molecule has 1 nitrogen and oxygen atoms in total. The third-order valence-electron chi connectivity index (χ3n) is 3.72. The van der Waals surface area contributed by atoms with Crippen LogP contribution in [0.5, 0.6) is 0 Å². The second-order valence-corrected chi connectivity index (χ2v) is 5.32. The van der Waals surface area contributed by atoms with Crippen LogP contribution in [0, 0.1) is 5.41 Å². The molecule has 0 aromatic carbocycles. The molecule has 0 fully saturated rings. The number of rotatable bonds is 0. The summed E-state index contributed by atoms with van der Waals surface area (Å²) in [6, 6.07) is 0. The molecule has 0 N–H and O–H groups in total. The number of aliphatic imine (C=N–C) groups is 1.